The van der Waals surface area contributed by atoms with Crippen molar-refractivity contribution in [2.75, 3.05) is 32.9 Å². The Hall–Kier alpha value is -2.61. The van der Waals surface area contributed by atoms with Crippen molar-refractivity contribution in [3.63, 3.8) is 0 Å². The predicted octanol–water partition coefficient (Wildman–Crippen LogP) is 1.54. The Morgan fingerprint density at radius 1 is 1.29 bits per heavy atom. The maximum Gasteiger partial charge on any atom is 0.312 e. The zero-order valence-electron chi connectivity index (χ0n) is 17.9. The van der Waals surface area contributed by atoms with Gasteiger partial charge in [0.2, 0.25) is 11.8 Å². The summed E-state index contributed by atoms with van der Waals surface area (Å²) in [5.74, 6) is -1.28. The van der Waals surface area contributed by atoms with Crippen molar-refractivity contribution >= 4 is 17.8 Å². The molecule has 4 heterocycles. The number of piperazine rings is 1. The van der Waals surface area contributed by atoms with E-state index in [1.54, 1.807) is 23.6 Å². The molecule has 3 saturated heterocycles. The van der Waals surface area contributed by atoms with Gasteiger partial charge in [0.15, 0.2) is 0 Å². The molecular formula is C23H28N2O6. The summed E-state index contributed by atoms with van der Waals surface area (Å²) in [5.41, 5.74) is -0.485. The number of carbonyl (C=O) groups is 3. The van der Waals surface area contributed by atoms with E-state index in [1.807, 2.05) is 24.3 Å². The number of amides is 2. The molecule has 0 spiro atoms. The molecule has 4 aliphatic heterocycles. The fourth-order valence-corrected chi connectivity index (χ4v) is 5.93. The molecule has 0 N–H and O–H groups in total. The molecule has 3 fully saturated rings. The summed E-state index contributed by atoms with van der Waals surface area (Å²) in [5, 5.41) is 0. The van der Waals surface area contributed by atoms with Gasteiger partial charge in [0.05, 0.1) is 37.8 Å². The Bertz CT molecular complexity index is 913. The van der Waals surface area contributed by atoms with Gasteiger partial charge in [-0.25, -0.2) is 0 Å². The molecule has 166 valence electrons. The van der Waals surface area contributed by atoms with Gasteiger partial charge in [-0.2, -0.15) is 0 Å². The molecule has 8 heteroatoms. The van der Waals surface area contributed by atoms with Gasteiger partial charge < -0.3 is 24.0 Å². The fourth-order valence-electron chi connectivity index (χ4n) is 5.93. The molecule has 0 bridgehead atoms. The van der Waals surface area contributed by atoms with E-state index in [-0.39, 0.29) is 43.6 Å². The lowest BCUT2D eigenvalue weighted by Crippen LogP contribution is -2.68. The number of rotatable bonds is 4. The van der Waals surface area contributed by atoms with E-state index < -0.39 is 23.5 Å². The lowest BCUT2D eigenvalue weighted by atomic mass is 9.77. The number of fused-ring (bicyclic) bond motifs is 5. The number of ether oxygens (including phenoxy) is 3. The molecule has 0 saturated carbocycles. The first kappa shape index (κ1) is 20.3. The molecular weight excluding hydrogens is 400 g/mol. The Kier molecular flexibility index (Phi) is 4.92. The van der Waals surface area contributed by atoms with Crippen LogP contribution in [0.5, 0.6) is 5.75 Å². The highest BCUT2D eigenvalue weighted by Crippen LogP contribution is 2.56. The number of hydrogen-bond donors (Lipinski definition) is 0. The minimum atomic E-state index is -1.32. The SMILES string of the molecule is CCOC(=O)C1C2COc3ccccc3C2N2C(=O)CN(CC3CCCO3)C(=O)[C@@]12C. The fraction of sp³-hybridized carbons (Fsp3) is 0.609. The van der Waals surface area contributed by atoms with E-state index in [0.29, 0.717) is 18.9 Å². The number of carbonyl (C=O) groups excluding carboxylic acids is 3. The Balaban J connectivity index is 1.58. The second-order valence-corrected chi connectivity index (χ2v) is 8.92. The molecule has 5 rings (SSSR count). The number of benzene rings is 1. The standard InChI is InChI=1S/C23H28N2O6/c1-3-29-21(27)19-16-13-31-17-9-5-4-8-15(17)20(16)25-18(26)12-24(22(28)23(19,25)2)11-14-7-6-10-30-14/h4-5,8-9,14,16,19-20H,3,6-7,10-13H2,1-2H3/t14?,16?,19?,20?,23-/m1/s1. The predicted molar refractivity (Wildman–Crippen MR) is 109 cm³/mol. The van der Waals surface area contributed by atoms with Crippen molar-refractivity contribution in [3.8, 4) is 5.75 Å². The van der Waals surface area contributed by atoms with Gasteiger partial charge in [-0.1, -0.05) is 18.2 Å². The quantitative estimate of drug-likeness (QED) is 0.677. The summed E-state index contributed by atoms with van der Waals surface area (Å²) < 4.78 is 17.1. The van der Waals surface area contributed by atoms with Gasteiger partial charge in [-0.05, 0) is 32.8 Å². The zero-order chi connectivity index (χ0) is 21.8. The third kappa shape index (κ3) is 2.95. The highest BCUT2D eigenvalue weighted by molar-refractivity contribution is 6.02. The second kappa shape index (κ2) is 7.51. The van der Waals surface area contributed by atoms with Crippen LogP contribution >= 0.6 is 0 Å². The van der Waals surface area contributed by atoms with Crippen molar-refractivity contribution in [1.29, 1.82) is 0 Å². The first-order valence-corrected chi connectivity index (χ1v) is 11.1. The molecule has 31 heavy (non-hydrogen) atoms. The maximum atomic E-state index is 13.9. The molecule has 4 unspecified atom stereocenters. The second-order valence-electron chi connectivity index (χ2n) is 8.92. The van der Waals surface area contributed by atoms with Crippen molar-refractivity contribution in [3.05, 3.63) is 29.8 Å². The summed E-state index contributed by atoms with van der Waals surface area (Å²) in [6.07, 6.45) is 1.75. The van der Waals surface area contributed by atoms with E-state index in [9.17, 15) is 14.4 Å². The summed E-state index contributed by atoms with van der Waals surface area (Å²) in [4.78, 5) is 43.8. The van der Waals surface area contributed by atoms with Crippen LogP contribution in [0.15, 0.2) is 24.3 Å². The molecule has 1 aromatic rings. The summed E-state index contributed by atoms with van der Waals surface area (Å²) in [6, 6.07) is 7.14. The van der Waals surface area contributed by atoms with Gasteiger partial charge in [0, 0.05) is 24.6 Å². The summed E-state index contributed by atoms with van der Waals surface area (Å²) in [6.45, 7) is 4.97. The molecule has 0 aliphatic carbocycles. The van der Waals surface area contributed by atoms with Crippen LogP contribution in [0, 0.1) is 11.8 Å². The van der Waals surface area contributed by atoms with Gasteiger partial charge in [0.1, 0.15) is 11.3 Å². The molecule has 5 atom stereocenters. The zero-order valence-corrected chi connectivity index (χ0v) is 17.9. The molecule has 2 amide bonds. The van der Waals surface area contributed by atoms with Crippen LogP contribution in [-0.4, -0.2) is 72.1 Å². The number of nitrogens with zero attached hydrogens (tertiary/aromatic N) is 2. The first-order chi connectivity index (χ1) is 15.0. The number of esters is 1. The first-order valence-electron chi connectivity index (χ1n) is 11.1. The monoisotopic (exact) mass is 428 g/mol. The lowest BCUT2D eigenvalue weighted by molar-refractivity contribution is -0.171. The van der Waals surface area contributed by atoms with Crippen LogP contribution in [-0.2, 0) is 23.9 Å². The van der Waals surface area contributed by atoms with E-state index >= 15 is 0 Å². The highest BCUT2D eigenvalue weighted by Gasteiger charge is 2.69. The topological polar surface area (TPSA) is 85.4 Å². The Labute approximate surface area is 181 Å². The third-order valence-electron chi connectivity index (χ3n) is 7.19. The lowest BCUT2D eigenvalue weighted by Gasteiger charge is -2.47. The maximum absolute atomic E-state index is 13.9. The van der Waals surface area contributed by atoms with Crippen LogP contribution < -0.4 is 4.74 Å². The molecule has 1 aromatic carbocycles. The van der Waals surface area contributed by atoms with Crippen LogP contribution in [0.1, 0.15) is 38.3 Å². The van der Waals surface area contributed by atoms with Crippen molar-refractivity contribution in [2.24, 2.45) is 11.8 Å². The van der Waals surface area contributed by atoms with Crippen LogP contribution in [0.4, 0.5) is 0 Å². The average Bonchev–Trinajstić information content (AvgIpc) is 3.36. The summed E-state index contributed by atoms with van der Waals surface area (Å²) in [7, 11) is 0. The number of para-hydroxylation sites is 1. The van der Waals surface area contributed by atoms with Crippen LogP contribution in [0.2, 0.25) is 0 Å². The van der Waals surface area contributed by atoms with Gasteiger partial charge in [-0.3, -0.25) is 14.4 Å². The van der Waals surface area contributed by atoms with Gasteiger partial charge in [0.25, 0.3) is 0 Å². The van der Waals surface area contributed by atoms with Gasteiger partial charge >= 0.3 is 5.97 Å². The minimum Gasteiger partial charge on any atom is -0.493 e. The van der Waals surface area contributed by atoms with Crippen molar-refractivity contribution in [1.82, 2.24) is 9.80 Å². The van der Waals surface area contributed by atoms with E-state index in [2.05, 4.69) is 0 Å². The normalized spacial score (nSPS) is 34.1. The molecule has 4 aliphatic rings. The van der Waals surface area contributed by atoms with Gasteiger partial charge in [-0.15, -0.1) is 0 Å². The Morgan fingerprint density at radius 3 is 2.84 bits per heavy atom. The largest absolute Gasteiger partial charge is 0.493 e. The smallest absolute Gasteiger partial charge is 0.312 e. The van der Waals surface area contributed by atoms with Crippen molar-refractivity contribution in [2.45, 2.75) is 44.4 Å². The van der Waals surface area contributed by atoms with Crippen LogP contribution in [0.3, 0.4) is 0 Å². The third-order valence-corrected chi connectivity index (χ3v) is 7.19. The molecule has 0 aromatic heterocycles. The number of hydrogen-bond acceptors (Lipinski definition) is 6. The Morgan fingerprint density at radius 2 is 2.10 bits per heavy atom. The summed E-state index contributed by atoms with van der Waals surface area (Å²) >= 11 is 0. The van der Waals surface area contributed by atoms with E-state index in [4.69, 9.17) is 14.2 Å². The average molecular weight is 428 g/mol. The van der Waals surface area contributed by atoms with E-state index in [0.717, 1.165) is 18.4 Å². The highest BCUT2D eigenvalue weighted by atomic mass is 16.5. The molecule has 8 nitrogen and oxygen atoms in total. The van der Waals surface area contributed by atoms with Crippen LogP contribution in [0.25, 0.3) is 0 Å². The minimum absolute atomic E-state index is 0.00390. The van der Waals surface area contributed by atoms with E-state index in [1.165, 1.54) is 0 Å². The molecule has 0 radical (unpaired) electrons. The van der Waals surface area contributed by atoms with Crippen molar-refractivity contribution < 1.29 is 28.6 Å².